The molecule has 0 fully saturated rings. The van der Waals surface area contributed by atoms with Crippen LogP contribution in [0.25, 0.3) is 0 Å². The summed E-state index contributed by atoms with van der Waals surface area (Å²) >= 11 is 0. The second-order valence-electron chi connectivity index (χ2n) is 5.23. The number of aromatic amines is 1. The quantitative estimate of drug-likeness (QED) is 0.462. The van der Waals surface area contributed by atoms with Crippen molar-refractivity contribution in [1.82, 2.24) is 15.4 Å². The van der Waals surface area contributed by atoms with E-state index in [9.17, 15) is 9.59 Å². The van der Waals surface area contributed by atoms with Crippen molar-refractivity contribution < 1.29 is 9.53 Å². The van der Waals surface area contributed by atoms with Crippen LogP contribution in [0.15, 0.2) is 40.2 Å². The van der Waals surface area contributed by atoms with E-state index in [0.29, 0.717) is 12.3 Å². The summed E-state index contributed by atoms with van der Waals surface area (Å²) in [5, 5.41) is 3.88. The zero-order chi connectivity index (χ0) is 17.4. The third-order valence-electron chi connectivity index (χ3n) is 3.12. The third kappa shape index (κ3) is 5.35. The number of carbonyl (C=O) groups excluding carboxylic acids is 1. The lowest BCUT2D eigenvalue weighted by molar-refractivity contribution is 0.0949. The minimum absolute atomic E-state index is 0.0186. The molecule has 0 aliphatic carbocycles. The molecule has 2 rings (SSSR count). The average molecular weight is 328 g/mol. The van der Waals surface area contributed by atoms with Gasteiger partial charge in [0.25, 0.3) is 5.91 Å². The van der Waals surface area contributed by atoms with E-state index in [4.69, 9.17) is 4.74 Å². The maximum atomic E-state index is 11.9. The molecule has 7 heteroatoms. The first-order chi connectivity index (χ1) is 11.6. The van der Waals surface area contributed by atoms with E-state index in [1.165, 1.54) is 12.3 Å². The monoisotopic (exact) mass is 328 g/mol. The van der Waals surface area contributed by atoms with Crippen molar-refractivity contribution in [3.05, 3.63) is 57.8 Å². The molecule has 1 aromatic heterocycles. The van der Waals surface area contributed by atoms with Gasteiger partial charge in [-0.3, -0.25) is 4.79 Å². The number of ether oxygens (including phenoxy) is 1. The molecular formula is C17H20N4O3. The number of benzene rings is 1. The van der Waals surface area contributed by atoms with Gasteiger partial charge in [0.2, 0.25) is 0 Å². The number of unbranched alkanes of at least 4 members (excludes halogenated alkanes) is 1. The summed E-state index contributed by atoms with van der Waals surface area (Å²) in [5.74, 6) is 0.210. The Morgan fingerprint density at radius 1 is 1.42 bits per heavy atom. The minimum Gasteiger partial charge on any atom is -0.494 e. The molecule has 0 saturated carbocycles. The lowest BCUT2D eigenvalue weighted by Crippen LogP contribution is -2.24. The Kier molecular flexibility index (Phi) is 6.24. The van der Waals surface area contributed by atoms with Crippen LogP contribution in [0.4, 0.5) is 0 Å². The van der Waals surface area contributed by atoms with Gasteiger partial charge in [-0.2, -0.15) is 10.1 Å². The van der Waals surface area contributed by atoms with E-state index in [0.717, 1.165) is 24.2 Å². The highest BCUT2D eigenvalue weighted by Gasteiger charge is 2.07. The zero-order valence-electron chi connectivity index (χ0n) is 13.7. The van der Waals surface area contributed by atoms with Crippen molar-refractivity contribution in [1.29, 1.82) is 0 Å². The molecule has 0 spiro atoms. The van der Waals surface area contributed by atoms with Gasteiger partial charge in [0.15, 0.2) is 0 Å². The average Bonchev–Trinajstić information content (AvgIpc) is 2.54. The van der Waals surface area contributed by atoms with Crippen molar-refractivity contribution in [3.8, 4) is 5.75 Å². The first-order valence-electron chi connectivity index (χ1n) is 7.72. The van der Waals surface area contributed by atoms with Crippen LogP contribution in [0.3, 0.4) is 0 Å². The van der Waals surface area contributed by atoms with Crippen LogP contribution in [0, 0.1) is 6.92 Å². The number of amides is 1. The highest BCUT2D eigenvalue weighted by molar-refractivity contribution is 5.93. The predicted octanol–water partition coefficient (Wildman–Crippen LogP) is 2.02. The fourth-order valence-corrected chi connectivity index (χ4v) is 1.94. The number of rotatable bonds is 7. The van der Waals surface area contributed by atoms with Gasteiger partial charge in [0, 0.05) is 5.69 Å². The second kappa shape index (κ2) is 8.61. The van der Waals surface area contributed by atoms with Gasteiger partial charge < -0.3 is 9.72 Å². The number of hydrogen-bond acceptors (Lipinski definition) is 5. The van der Waals surface area contributed by atoms with Gasteiger partial charge in [-0.25, -0.2) is 10.2 Å². The lowest BCUT2D eigenvalue weighted by Gasteiger charge is -2.05. The van der Waals surface area contributed by atoms with E-state index in [1.54, 1.807) is 6.92 Å². The Hall–Kier alpha value is -2.96. The van der Waals surface area contributed by atoms with E-state index < -0.39 is 11.6 Å². The van der Waals surface area contributed by atoms with Crippen LogP contribution in [0.2, 0.25) is 0 Å². The summed E-state index contributed by atoms with van der Waals surface area (Å²) < 4.78 is 5.61. The number of hydrogen-bond donors (Lipinski definition) is 2. The molecule has 0 atom stereocenters. The zero-order valence-corrected chi connectivity index (χ0v) is 13.7. The maximum absolute atomic E-state index is 11.9. The Morgan fingerprint density at radius 2 is 2.25 bits per heavy atom. The molecule has 2 N–H and O–H groups in total. The van der Waals surface area contributed by atoms with Gasteiger partial charge in [-0.05, 0) is 37.1 Å². The summed E-state index contributed by atoms with van der Waals surface area (Å²) in [6.45, 7) is 4.45. The van der Waals surface area contributed by atoms with Gasteiger partial charge in [0.1, 0.15) is 11.4 Å². The van der Waals surface area contributed by atoms with Crippen molar-refractivity contribution >= 4 is 12.1 Å². The molecular weight excluding hydrogens is 308 g/mol. The van der Waals surface area contributed by atoms with Gasteiger partial charge in [-0.15, -0.1) is 0 Å². The first-order valence-corrected chi connectivity index (χ1v) is 7.72. The number of hydrazone groups is 1. The number of aromatic nitrogens is 2. The smallest absolute Gasteiger partial charge is 0.345 e. The Bertz CT molecular complexity index is 783. The fourth-order valence-electron chi connectivity index (χ4n) is 1.94. The Labute approximate surface area is 139 Å². The number of aryl methyl sites for hydroxylation is 1. The maximum Gasteiger partial charge on any atom is 0.345 e. The molecule has 126 valence electrons. The topological polar surface area (TPSA) is 96.4 Å². The first kappa shape index (κ1) is 17.4. The molecule has 24 heavy (non-hydrogen) atoms. The summed E-state index contributed by atoms with van der Waals surface area (Å²) in [7, 11) is 0. The molecule has 1 heterocycles. The van der Waals surface area contributed by atoms with E-state index in [2.05, 4.69) is 27.4 Å². The van der Waals surface area contributed by atoms with Crippen molar-refractivity contribution in [2.24, 2.45) is 5.10 Å². The molecule has 0 aliphatic rings. The van der Waals surface area contributed by atoms with Crippen LogP contribution >= 0.6 is 0 Å². The summed E-state index contributed by atoms with van der Waals surface area (Å²) in [4.78, 5) is 29.2. The summed E-state index contributed by atoms with van der Waals surface area (Å²) in [6.07, 6.45) is 3.57. The summed E-state index contributed by atoms with van der Waals surface area (Å²) in [5.41, 5.74) is 3.15. The van der Waals surface area contributed by atoms with Gasteiger partial charge in [0.05, 0.1) is 12.8 Å². The third-order valence-corrected chi connectivity index (χ3v) is 3.12. The molecule has 1 amide bonds. The van der Waals surface area contributed by atoms with Crippen molar-refractivity contribution in [2.75, 3.05) is 6.61 Å². The van der Waals surface area contributed by atoms with Crippen LogP contribution in [-0.2, 0) is 0 Å². The van der Waals surface area contributed by atoms with Crippen LogP contribution in [0.1, 0.15) is 41.5 Å². The van der Waals surface area contributed by atoms with Gasteiger partial charge >= 0.3 is 5.69 Å². The Morgan fingerprint density at radius 3 is 3.00 bits per heavy atom. The van der Waals surface area contributed by atoms with E-state index >= 15 is 0 Å². The molecule has 0 saturated heterocycles. The molecule has 2 aromatic rings. The number of H-pyrrole nitrogens is 1. The standard InChI is InChI=1S/C17H20N4O3/c1-3-4-8-24-14-7-5-6-13(10-14)11-18-21-16(22)15-9-12(2)19-17(23)20-15/h5-7,9-11H,3-4,8H2,1-2H3,(H,21,22)(H,19,20,23)/b18-11+. The largest absolute Gasteiger partial charge is 0.494 e. The molecule has 7 nitrogen and oxygen atoms in total. The molecule has 1 aromatic carbocycles. The molecule has 0 radical (unpaired) electrons. The number of nitrogens with zero attached hydrogens (tertiary/aromatic N) is 2. The van der Waals surface area contributed by atoms with Crippen molar-refractivity contribution in [2.45, 2.75) is 26.7 Å². The minimum atomic E-state index is -0.568. The second-order valence-corrected chi connectivity index (χ2v) is 5.23. The van der Waals surface area contributed by atoms with Crippen LogP contribution in [0.5, 0.6) is 5.75 Å². The molecule has 0 bridgehead atoms. The molecule has 0 aliphatic heterocycles. The Balaban J connectivity index is 1.97. The van der Waals surface area contributed by atoms with E-state index in [-0.39, 0.29) is 5.69 Å². The van der Waals surface area contributed by atoms with Gasteiger partial charge in [-0.1, -0.05) is 25.5 Å². The predicted molar refractivity (Wildman–Crippen MR) is 91.5 cm³/mol. The highest BCUT2D eigenvalue weighted by Crippen LogP contribution is 2.12. The summed E-state index contributed by atoms with van der Waals surface area (Å²) in [6, 6.07) is 8.88. The normalized spacial score (nSPS) is 10.8. The highest BCUT2D eigenvalue weighted by atomic mass is 16.5. The van der Waals surface area contributed by atoms with Crippen molar-refractivity contribution in [3.63, 3.8) is 0 Å². The fraction of sp³-hybridized carbons (Fsp3) is 0.294. The van der Waals surface area contributed by atoms with E-state index in [1.807, 2.05) is 24.3 Å². The van der Waals surface area contributed by atoms with Crippen LogP contribution < -0.4 is 15.9 Å². The van der Waals surface area contributed by atoms with Crippen LogP contribution in [-0.4, -0.2) is 28.7 Å². The number of carbonyl (C=O) groups is 1. The SMILES string of the molecule is CCCCOc1cccc(/C=N/NC(=O)c2cc(C)[nH]c(=O)n2)c1. The molecule has 0 unspecified atom stereocenters. The number of nitrogens with one attached hydrogen (secondary N) is 2. The lowest BCUT2D eigenvalue weighted by atomic mass is 10.2.